The largest absolute Gasteiger partial charge is 0.396 e. The monoisotopic (exact) mass is 227 g/mol. The van der Waals surface area contributed by atoms with Gasteiger partial charge in [0.25, 0.3) is 0 Å². The van der Waals surface area contributed by atoms with Gasteiger partial charge in [-0.15, -0.1) is 11.3 Å². The molecule has 1 atom stereocenters. The van der Waals surface area contributed by atoms with Crippen LogP contribution in [-0.2, 0) is 6.42 Å². The second-order valence-corrected chi connectivity index (χ2v) is 5.72. The number of aliphatic hydroxyl groups excluding tert-OH is 1. The van der Waals surface area contributed by atoms with Gasteiger partial charge in [0, 0.05) is 23.1 Å². The summed E-state index contributed by atoms with van der Waals surface area (Å²) in [6.45, 7) is 6.70. The van der Waals surface area contributed by atoms with Gasteiger partial charge in [-0.1, -0.05) is 6.07 Å². The molecule has 0 spiro atoms. The number of rotatable bonds is 6. The van der Waals surface area contributed by atoms with Crippen molar-refractivity contribution < 1.29 is 5.11 Å². The molecule has 0 fully saturated rings. The van der Waals surface area contributed by atoms with Crippen molar-refractivity contribution in [1.82, 2.24) is 5.32 Å². The van der Waals surface area contributed by atoms with Gasteiger partial charge >= 0.3 is 0 Å². The van der Waals surface area contributed by atoms with E-state index in [-0.39, 0.29) is 12.1 Å². The van der Waals surface area contributed by atoms with E-state index in [0.29, 0.717) is 6.04 Å². The van der Waals surface area contributed by atoms with E-state index in [0.717, 1.165) is 12.8 Å². The Kier molecular flexibility index (Phi) is 4.77. The average molecular weight is 227 g/mol. The molecule has 15 heavy (non-hydrogen) atoms. The van der Waals surface area contributed by atoms with Crippen LogP contribution < -0.4 is 5.32 Å². The molecule has 2 N–H and O–H groups in total. The summed E-state index contributed by atoms with van der Waals surface area (Å²) >= 11 is 1.80. The van der Waals surface area contributed by atoms with Crippen molar-refractivity contribution in [3.8, 4) is 0 Å². The van der Waals surface area contributed by atoms with Crippen LogP contribution >= 0.6 is 11.3 Å². The predicted molar refractivity (Wildman–Crippen MR) is 66.4 cm³/mol. The quantitative estimate of drug-likeness (QED) is 0.782. The molecule has 1 heterocycles. The van der Waals surface area contributed by atoms with Gasteiger partial charge in [0.05, 0.1) is 0 Å². The minimum absolute atomic E-state index is 0.0193. The Morgan fingerprint density at radius 2 is 2.27 bits per heavy atom. The van der Waals surface area contributed by atoms with Crippen molar-refractivity contribution in [3.63, 3.8) is 0 Å². The maximum atomic E-state index is 8.93. The van der Waals surface area contributed by atoms with Crippen LogP contribution in [0.1, 0.15) is 32.1 Å². The number of aliphatic hydroxyl groups is 1. The maximum Gasteiger partial charge on any atom is 0.0448 e. The first-order valence-electron chi connectivity index (χ1n) is 5.44. The Labute approximate surface area is 96.3 Å². The smallest absolute Gasteiger partial charge is 0.0448 e. The highest BCUT2D eigenvalue weighted by Crippen LogP contribution is 2.14. The van der Waals surface area contributed by atoms with E-state index in [1.165, 1.54) is 4.88 Å². The van der Waals surface area contributed by atoms with Crippen molar-refractivity contribution in [2.24, 2.45) is 0 Å². The zero-order valence-corrected chi connectivity index (χ0v) is 10.6. The summed E-state index contributed by atoms with van der Waals surface area (Å²) in [4.78, 5) is 1.41. The lowest BCUT2D eigenvalue weighted by atomic mass is 9.99. The van der Waals surface area contributed by atoms with Gasteiger partial charge in [0.2, 0.25) is 0 Å². The van der Waals surface area contributed by atoms with Crippen LogP contribution in [0.2, 0.25) is 0 Å². The van der Waals surface area contributed by atoms with Crippen molar-refractivity contribution in [1.29, 1.82) is 0 Å². The third-order valence-corrected chi connectivity index (χ3v) is 3.36. The molecular formula is C12H21NOS. The summed E-state index contributed by atoms with van der Waals surface area (Å²) in [5, 5.41) is 14.6. The van der Waals surface area contributed by atoms with E-state index in [1.807, 2.05) is 0 Å². The molecule has 1 unspecified atom stereocenters. The summed E-state index contributed by atoms with van der Waals surface area (Å²) in [6, 6.07) is 4.71. The van der Waals surface area contributed by atoms with Crippen LogP contribution in [0.3, 0.4) is 0 Å². The third-order valence-electron chi connectivity index (χ3n) is 2.46. The molecular weight excluding hydrogens is 206 g/mol. The molecule has 1 aromatic rings. The Morgan fingerprint density at radius 3 is 2.80 bits per heavy atom. The molecule has 0 amide bonds. The van der Waals surface area contributed by atoms with Gasteiger partial charge in [-0.05, 0) is 45.1 Å². The molecule has 0 radical (unpaired) electrons. The molecule has 0 saturated heterocycles. The molecule has 1 aromatic heterocycles. The SMILES string of the molecule is CC(Cc1cccs1)NC(C)(C)CCO. The van der Waals surface area contributed by atoms with E-state index in [1.54, 1.807) is 11.3 Å². The molecule has 0 aliphatic rings. The van der Waals surface area contributed by atoms with Crippen LogP contribution in [0.5, 0.6) is 0 Å². The second-order valence-electron chi connectivity index (χ2n) is 4.69. The fourth-order valence-corrected chi connectivity index (χ4v) is 2.64. The summed E-state index contributed by atoms with van der Waals surface area (Å²) < 4.78 is 0. The molecule has 3 heteroatoms. The fraction of sp³-hybridized carbons (Fsp3) is 0.667. The van der Waals surface area contributed by atoms with Gasteiger partial charge in [-0.2, -0.15) is 0 Å². The minimum atomic E-state index is 0.0193. The Balaban J connectivity index is 2.38. The van der Waals surface area contributed by atoms with Crippen molar-refractivity contribution in [3.05, 3.63) is 22.4 Å². The molecule has 0 aromatic carbocycles. The first-order valence-corrected chi connectivity index (χ1v) is 6.32. The Hall–Kier alpha value is -0.380. The standard InChI is InChI=1S/C12H21NOS/c1-10(9-11-5-4-8-15-11)13-12(2,3)6-7-14/h4-5,8,10,13-14H,6-7,9H2,1-3H3. The lowest BCUT2D eigenvalue weighted by molar-refractivity contribution is 0.221. The van der Waals surface area contributed by atoms with Crippen molar-refractivity contribution in [2.75, 3.05) is 6.61 Å². The average Bonchev–Trinajstić information content (AvgIpc) is 2.54. The number of hydrogen-bond acceptors (Lipinski definition) is 3. The molecule has 0 bridgehead atoms. The lowest BCUT2D eigenvalue weighted by Crippen LogP contribution is -2.46. The highest BCUT2D eigenvalue weighted by Gasteiger charge is 2.19. The molecule has 2 nitrogen and oxygen atoms in total. The maximum absolute atomic E-state index is 8.93. The van der Waals surface area contributed by atoms with Crippen LogP contribution in [-0.4, -0.2) is 23.3 Å². The first kappa shape index (κ1) is 12.7. The topological polar surface area (TPSA) is 32.3 Å². The Morgan fingerprint density at radius 1 is 1.53 bits per heavy atom. The van der Waals surface area contributed by atoms with Crippen LogP contribution in [0.25, 0.3) is 0 Å². The molecule has 86 valence electrons. The normalized spacial score (nSPS) is 14.1. The number of nitrogens with one attached hydrogen (secondary N) is 1. The summed E-state index contributed by atoms with van der Waals surface area (Å²) in [5.41, 5.74) is 0.0193. The van der Waals surface area contributed by atoms with Crippen LogP contribution in [0.4, 0.5) is 0 Å². The highest BCUT2D eigenvalue weighted by atomic mass is 32.1. The summed E-state index contributed by atoms with van der Waals surface area (Å²) in [6.07, 6.45) is 1.86. The number of hydrogen-bond donors (Lipinski definition) is 2. The van der Waals surface area contributed by atoms with Crippen molar-refractivity contribution >= 4 is 11.3 Å². The van der Waals surface area contributed by atoms with E-state index in [4.69, 9.17) is 5.11 Å². The zero-order chi connectivity index (χ0) is 11.3. The van der Waals surface area contributed by atoms with Gasteiger partial charge in [0.15, 0.2) is 0 Å². The van der Waals surface area contributed by atoms with E-state index in [9.17, 15) is 0 Å². The predicted octanol–water partition coefficient (Wildman–Crippen LogP) is 2.43. The van der Waals surface area contributed by atoms with Gasteiger partial charge < -0.3 is 10.4 Å². The number of thiophene rings is 1. The highest BCUT2D eigenvalue weighted by molar-refractivity contribution is 7.09. The Bertz CT molecular complexity index is 269. The zero-order valence-electron chi connectivity index (χ0n) is 9.79. The van der Waals surface area contributed by atoms with E-state index >= 15 is 0 Å². The van der Waals surface area contributed by atoms with E-state index < -0.39 is 0 Å². The molecule has 0 aliphatic heterocycles. The summed E-state index contributed by atoms with van der Waals surface area (Å²) in [5.74, 6) is 0. The van der Waals surface area contributed by atoms with Gasteiger partial charge in [-0.3, -0.25) is 0 Å². The minimum Gasteiger partial charge on any atom is -0.396 e. The summed E-state index contributed by atoms with van der Waals surface area (Å²) in [7, 11) is 0. The lowest BCUT2D eigenvalue weighted by Gasteiger charge is -2.29. The van der Waals surface area contributed by atoms with Gasteiger partial charge in [-0.25, -0.2) is 0 Å². The molecule has 1 rings (SSSR count). The van der Waals surface area contributed by atoms with Crippen molar-refractivity contribution in [2.45, 2.75) is 45.2 Å². The third kappa shape index (κ3) is 4.78. The second kappa shape index (κ2) is 5.64. The molecule has 0 saturated carbocycles. The van der Waals surface area contributed by atoms with Crippen LogP contribution in [0.15, 0.2) is 17.5 Å². The van der Waals surface area contributed by atoms with Gasteiger partial charge in [0.1, 0.15) is 0 Å². The van der Waals surface area contributed by atoms with E-state index in [2.05, 4.69) is 43.6 Å². The van der Waals surface area contributed by atoms with Crippen LogP contribution in [0, 0.1) is 0 Å². The molecule has 0 aliphatic carbocycles. The fourth-order valence-electron chi connectivity index (χ4n) is 1.80. The first-order chi connectivity index (χ1) is 7.03.